The van der Waals surface area contributed by atoms with Gasteiger partial charge in [0.2, 0.25) is 0 Å². The standard InChI is InChI=1S/C16H14FN3/c1-20(2)16-13-5-3-4-6-14(13)18-15(19-16)11-7-9-12(17)10-8-11/h3-10H,1-2H3. The molecule has 0 amide bonds. The first-order valence-corrected chi connectivity index (χ1v) is 6.35. The maximum atomic E-state index is 13.0. The quantitative estimate of drug-likeness (QED) is 0.711. The van der Waals surface area contributed by atoms with E-state index in [1.165, 1.54) is 12.1 Å². The van der Waals surface area contributed by atoms with E-state index in [1.54, 1.807) is 12.1 Å². The zero-order valence-electron chi connectivity index (χ0n) is 11.3. The Bertz CT molecular complexity index is 751. The Balaban J connectivity index is 2.24. The highest BCUT2D eigenvalue weighted by molar-refractivity contribution is 5.90. The van der Waals surface area contributed by atoms with Crippen molar-refractivity contribution in [2.24, 2.45) is 0 Å². The monoisotopic (exact) mass is 267 g/mol. The summed E-state index contributed by atoms with van der Waals surface area (Å²) in [6.45, 7) is 0. The fourth-order valence-electron chi connectivity index (χ4n) is 2.13. The largest absolute Gasteiger partial charge is 0.362 e. The summed E-state index contributed by atoms with van der Waals surface area (Å²) >= 11 is 0. The molecule has 20 heavy (non-hydrogen) atoms. The molecule has 0 aliphatic heterocycles. The third-order valence-electron chi connectivity index (χ3n) is 3.11. The van der Waals surface area contributed by atoms with Crippen molar-refractivity contribution in [1.82, 2.24) is 9.97 Å². The molecule has 0 N–H and O–H groups in total. The first-order chi connectivity index (χ1) is 9.65. The molecule has 0 radical (unpaired) electrons. The van der Waals surface area contributed by atoms with Crippen LogP contribution in [0.25, 0.3) is 22.3 Å². The number of fused-ring (bicyclic) bond motifs is 1. The lowest BCUT2D eigenvalue weighted by Crippen LogP contribution is -2.12. The second kappa shape index (κ2) is 4.89. The van der Waals surface area contributed by atoms with E-state index in [9.17, 15) is 4.39 Å². The van der Waals surface area contributed by atoms with Crippen LogP contribution in [0.3, 0.4) is 0 Å². The van der Waals surface area contributed by atoms with E-state index >= 15 is 0 Å². The lowest BCUT2D eigenvalue weighted by molar-refractivity contribution is 0.628. The third-order valence-corrected chi connectivity index (χ3v) is 3.11. The Morgan fingerprint density at radius 1 is 0.900 bits per heavy atom. The van der Waals surface area contributed by atoms with Crippen molar-refractivity contribution in [3.8, 4) is 11.4 Å². The van der Waals surface area contributed by atoms with E-state index in [4.69, 9.17) is 0 Å². The molecule has 1 heterocycles. The van der Waals surface area contributed by atoms with Gasteiger partial charge in [0.15, 0.2) is 5.82 Å². The predicted molar refractivity (Wildman–Crippen MR) is 79.3 cm³/mol. The Labute approximate surface area is 116 Å². The predicted octanol–water partition coefficient (Wildman–Crippen LogP) is 3.50. The third kappa shape index (κ3) is 2.20. The van der Waals surface area contributed by atoms with Crippen molar-refractivity contribution in [3.63, 3.8) is 0 Å². The normalized spacial score (nSPS) is 10.8. The smallest absolute Gasteiger partial charge is 0.162 e. The molecule has 3 nitrogen and oxygen atoms in total. The summed E-state index contributed by atoms with van der Waals surface area (Å²) in [5, 5.41) is 1.00. The average molecular weight is 267 g/mol. The second-order valence-electron chi connectivity index (χ2n) is 4.79. The summed E-state index contributed by atoms with van der Waals surface area (Å²) in [6, 6.07) is 14.1. The SMILES string of the molecule is CN(C)c1nc(-c2ccc(F)cc2)nc2ccccc12. The van der Waals surface area contributed by atoms with Gasteiger partial charge in [-0.3, -0.25) is 0 Å². The molecule has 0 aliphatic rings. The number of rotatable bonds is 2. The van der Waals surface area contributed by atoms with Gasteiger partial charge >= 0.3 is 0 Å². The lowest BCUT2D eigenvalue weighted by Gasteiger charge is -2.15. The Hall–Kier alpha value is -2.49. The van der Waals surface area contributed by atoms with Gasteiger partial charge < -0.3 is 4.90 Å². The Morgan fingerprint density at radius 3 is 2.30 bits per heavy atom. The number of aromatic nitrogens is 2. The van der Waals surface area contributed by atoms with Crippen molar-refractivity contribution in [2.75, 3.05) is 19.0 Å². The van der Waals surface area contributed by atoms with Crippen LogP contribution in [0.15, 0.2) is 48.5 Å². The van der Waals surface area contributed by atoms with Gasteiger partial charge in [-0.25, -0.2) is 14.4 Å². The minimum Gasteiger partial charge on any atom is -0.362 e. The molecule has 100 valence electrons. The van der Waals surface area contributed by atoms with Crippen LogP contribution >= 0.6 is 0 Å². The highest BCUT2D eigenvalue weighted by Crippen LogP contribution is 2.26. The molecule has 0 fully saturated rings. The van der Waals surface area contributed by atoms with Gasteiger partial charge in [0.05, 0.1) is 5.52 Å². The van der Waals surface area contributed by atoms with Crippen LogP contribution in [0.5, 0.6) is 0 Å². The summed E-state index contributed by atoms with van der Waals surface area (Å²) in [5.41, 5.74) is 1.69. The summed E-state index contributed by atoms with van der Waals surface area (Å²) < 4.78 is 13.0. The average Bonchev–Trinajstić information content (AvgIpc) is 2.46. The molecule has 0 aliphatic carbocycles. The summed E-state index contributed by atoms with van der Waals surface area (Å²) in [6.07, 6.45) is 0. The van der Waals surface area contributed by atoms with Gasteiger partial charge in [-0.15, -0.1) is 0 Å². The highest BCUT2D eigenvalue weighted by atomic mass is 19.1. The van der Waals surface area contributed by atoms with Crippen molar-refractivity contribution >= 4 is 16.7 Å². The molecular weight excluding hydrogens is 253 g/mol. The molecule has 0 bridgehead atoms. The van der Waals surface area contributed by atoms with E-state index in [-0.39, 0.29) is 5.82 Å². The van der Waals surface area contributed by atoms with Gasteiger partial charge in [-0.2, -0.15) is 0 Å². The fraction of sp³-hybridized carbons (Fsp3) is 0.125. The van der Waals surface area contributed by atoms with Crippen LogP contribution in [-0.4, -0.2) is 24.1 Å². The summed E-state index contributed by atoms with van der Waals surface area (Å²) in [7, 11) is 3.90. The lowest BCUT2D eigenvalue weighted by atomic mass is 10.1. The first-order valence-electron chi connectivity index (χ1n) is 6.35. The number of para-hydroxylation sites is 1. The minimum atomic E-state index is -0.262. The molecule has 3 aromatic rings. The molecule has 2 aromatic carbocycles. The van der Waals surface area contributed by atoms with Gasteiger partial charge in [0, 0.05) is 25.0 Å². The highest BCUT2D eigenvalue weighted by Gasteiger charge is 2.10. The number of anilines is 1. The topological polar surface area (TPSA) is 29.0 Å². The zero-order valence-corrected chi connectivity index (χ0v) is 11.3. The molecule has 0 saturated heterocycles. The van der Waals surface area contributed by atoms with Gasteiger partial charge in [-0.1, -0.05) is 12.1 Å². The van der Waals surface area contributed by atoms with E-state index < -0.39 is 0 Å². The maximum absolute atomic E-state index is 13.0. The Kier molecular flexibility index (Phi) is 3.06. The number of nitrogens with zero attached hydrogens (tertiary/aromatic N) is 3. The molecule has 0 unspecified atom stereocenters. The second-order valence-corrected chi connectivity index (χ2v) is 4.79. The van der Waals surface area contributed by atoms with Gasteiger partial charge in [-0.05, 0) is 36.4 Å². The molecule has 0 atom stereocenters. The van der Waals surface area contributed by atoms with E-state index in [1.807, 2.05) is 43.3 Å². The van der Waals surface area contributed by atoms with Crippen LogP contribution in [0.1, 0.15) is 0 Å². The number of hydrogen-bond acceptors (Lipinski definition) is 3. The van der Waals surface area contributed by atoms with Crippen molar-refractivity contribution in [3.05, 3.63) is 54.3 Å². The molecule has 0 spiro atoms. The van der Waals surface area contributed by atoms with Gasteiger partial charge in [0.25, 0.3) is 0 Å². The fourth-order valence-corrected chi connectivity index (χ4v) is 2.13. The van der Waals surface area contributed by atoms with Crippen LogP contribution < -0.4 is 4.90 Å². The summed E-state index contributed by atoms with van der Waals surface area (Å²) in [5.74, 6) is 1.20. The Morgan fingerprint density at radius 2 is 1.60 bits per heavy atom. The van der Waals surface area contributed by atoms with E-state index in [0.29, 0.717) is 5.82 Å². The van der Waals surface area contributed by atoms with Crippen LogP contribution in [0, 0.1) is 5.82 Å². The van der Waals surface area contributed by atoms with Crippen LogP contribution in [0.2, 0.25) is 0 Å². The first kappa shape index (κ1) is 12.5. The molecular formula is C16H14FN3. The van der Waals surface area contributed by atoms with Crippen molar-refractivity contribution in [2.45, 2.75) is 0 Å². The van der Waals surface area contributed by atoms with E-state index in [0.717, 1.165) is 22.3 Å². The van der Waals surface area contributed by atoms with Crippen molar-refractivity contribution in [1.29, 1.82) is 0 Å². The number of benzene rings is 2. The van der Waals surface area contributed by atoms with Crippen molar-refractivity contribution < 1.29 is 4.39 Å². The molecule has 1 aromatic heterocycles. The molecule has 0 saturated carbocycles. The zero-order chi connectivity index (χ0) is 14.1. The maximum Gasteiger partial charge on any atom is 0.162 e. The summed E-state index contributed by atoms with van der Waals surface area (Å²) in [4.78, 5) is 11.1. The number of halogens is 1. The van der Waals surface area contributed by atoms with E-state index in [2.05, 4.69) is 9.97 Å². The minimum absolute atomic E-state index is 0.262. The van der Waals surface area contributed by atoms with Crippen LogP contribution in [0.4, 0.5) is 10.2 Å². The van der Waals surface area contributed by atoms with Crippen LogP contribution in [-0.2, 0) is 0 Å². The van der Waals surface area contributed by atoms with Gasteiger partial charge in [0.1, 0.15) is 11.6 Å². The molecule has 4 heteroatoms. The number of hydrogen-bond donors (Lipinski definition) is 0. The molecule has 3 rings (SSSR count).